The summed E-state index contributed by atoms with van der Waals surface area (Å²) in [5.41, 5.74) is 2.57. The lowest BCUT2D eigenvalue weighted by molar-refractivity contribution is -0.117. The number of carbonyl (C=O) groups is 2. The monoisotopic (exact) mass is 444 g/mol. The molecule has 0 unspecified atom stereocenters. The Labute approximate surface area is 182 Å². The maximum Gasteiger partial charge on any atom is 0.325 e. The van der Waals surface area contributed by atoms with Crippen LogP contribution >= 0.6 is 11.8 Å². The Morgan fingerprint density at radius 2 is 1.97 bits per heavy atom. The Kier molecular flexibility index (Phi) is 7.08. The van der Waals surface area contributed by atoms with Crippen LogP contribution in [0.3, 0.4) is 0 Å². The number of nitrogen functional groups attached to an aromatic ring is 1. The molecule has 0 fully saturated rings. The van der Waals surface area contributed by atoms with E-state index in [-0.39, 0.29) is 29.1 Å². The molecule has 0 aliphatic heterocycles. The van der Waals surface area contributed by atoms with Gasteiger partial charge in [0, 0.05) is 5.69 Å². The number of urea groups is 1. The Balaban J connectivity index is 1.49. The second kappa shape index (κ2) is 9.94. The number of imide groups is 1. The number of benzene rings is 2. The molecule has 0 saturated heterocycles. The van der Waals surface area contributed by atoms with Gasteiger partial charge in [0.05, 0.1) is 5.75 Å². The third-order valence-corrected chi connectivity index (χ3v) is 5.09. The Morgan fingerprint density at radius 3 is 2.71 bits per heavy atom. The van der Waals surface area contributed by atoms with E-state index in [0.29, 0.717) is 5.69 Å². The molecule has 11 heteroatoms. The fraction of sp³-hybridized carbons (Fsp3) is 0.200. The number of thioether (sulfide) groups is 1. The highest BCUT2D eigenvalue weighted by atomic mass is 32.2. The molecule has 0 saturated carbocycles. The number of para-hydroxylation sites is 1. The quantitative estimate of drug-likeness (QED) is 0.378. The van der Waals surface area contributed by atoms with Gasteiger partial charge in [-0.15, -0.1) is 10.2 Å². The van der Waals surface area contributed by atoms with Crippen molar-refractivity contribution in [2.75, 3.05) is 16.9 Å². The number of aryl methyl sites for hydroxylation is 2. The number of anilines is 1. The molecule has 9 nitrogen and oxygen atoms in total. The third-order valence-electron chi connectivity index (χ3n) is 4.14. The van der Waals surface area contributed by atoms with Crippen molar-refractivity contribution >= 4 is 29.4 Å². The Morgan fingerprint density at radius 1 is 1.19 bits per heavy atom. The van der Waals surface area contributed by atoms with Crippen LogP contribution in [-0.4, -0.2) is 32.6 Å². The van der Waals surface area contributed by atoms with Gasteiger partial charge in [-0.3, -0.25) is 10.1 Å². The summed E-state index contributed by atoms with van der Waals surface area (Å²) in [5, 5.41) is 12.9. The summed E-state index contributed by atoms with van der Waals surface area (Å²) in [4.78, 5) is 24.1. The van der Waals surface area contributed by atoms with E-state index < -0.39 is 17.8 Å². The highest BCUT2D eigenvalue weighted by molar-refractivity contribution is 7.99. The topological polar surface area (TPSA) is 124 Å². The number of nitrogens with zero attached hydrogens (tertiary/aromatic N) is 3. The van der Waals surface area contributed by atoms with Crippen molar-refractivity contribution in [1.82, 2.24) is 20.2 Å². The van der Waals surface area contributed by atoms with Crippen molar-refractivity contribution in [3.05, 3.63) is 65.2 Å². The van der Waals surface area contributed by atoms with E-state index in [4.69, 9.17) is 10.6 Å². The maximum absolute atomic E-state index is 13.6. The molecular formula is C20H21FN6O3S. The van der Waals surface area contributed by atoms with Gasteiger partial charge in [0.2, 0.25) is 11.1 Å². The van der Waals surface area contributed by atoms with Crippen molar-refractivity contribution < 1.29 is 18.7 Å². The molecule has 0 radical (unpaired) electrons. The van der Waals surface area contributed by atoms with Gasteiger partial charge >= 0.3 is 6.03 Å². The van der Waals surface area contributed by atoms with Crippen LogP contribution in [0.4, 0.5) is 14.9 Å². The minimum atomic E-state index is -0.634. The average Bonchev–Trinajstić information content (AvgIpc) is 3.07. The van der Waals surface area contributed by atoms with E-state index in [9.17, 15) is 14.0 Å². The predicted octanol–water partition coefficient (Wildman–Crippen LogP) is 2.77. The first-order chi connectivity index (χ1) is 14.8. The van der Waals surface area contributed by atoms with Crippen LogP contribution in [0, 0.1) is 19.7 Å². The van der Waals surface area contributed by atoms with Crippen molar-refractivity contribution in [2.45, 2.75) is 25.6 Å². The zero-order chi connectivity index (χ0) is 22.4. The number of aromatic nitrogens is 3. The number of rotatable bonds is 7. The molecule has 4 N–H and O–H groups in total. The molecule has 0 spiro atoms. The molecule has 3 amide bonds. The highest BCUT2D eigenvalue weighted by Gasteiger charge is 2.15. The first-order valence-electron chi connectivity index (χ1n) is 9.21. The van der Waals surface area contributed by atoms with Gasteiger partial charge in [0.25, 0.3) is 0 Å². The molecule has 3 aromatic rings. The summed E-state index contributed by atoms with van der Waals surface area (Å²) in [6.07, 6.45) is 0. The average molecular weight is 444 g/mol. The molecule has 1 aromatic heterocycles. The molecule has 0 bridgehead atoms. The summed E-state index contributed by atoms with van der Waals surface area (Å²) in [6, 6.07) is 10.9. The standard InChI is InChI=1S/C20H21FN6O3S/c1-12-7-8-15(13(2)9-12)23-19(29)24-18(28)11-31-20-26-25-17(27(20)22)10-30-16-6-4-3-5-14(16)21/h3-9H,10-11,22H2,1-2H3,(H2,23,24,28,29). The van der Waals surface area contributed by atoms with Crippen molar-refractivity contribution in [1.29, 1.82) is 0 Å². The van der Waals surface area contributed by atoms with Crippen LogP contribution in [0.2, 0.25) is 0 Å². The summed E-state index contributed by atoms with van der Waals surface area (Å²) >= 11 is 0.997. The van der Waals surface area contributed by atoms with Crippen LogP contribution in [0.5, 0.6) is 5.75 Å². The molecule has 1 heterocycles. The second-order valence-electron chi connectivity index (χ2n) is 6.60. The van der Waals surface area contributed by atoms with Crippen LogP contribution in [-0.2, 0) is 11.4 Å². The Bertz CT molecular complexity index is 1100. The Hall–Kier alpha value is -3.60. The number of carbonyl (C=O) groups excluding carboxylic acids is 2. The fourth-order valence-electron chi connectivity index (χ4n) is 2.61. The van der Waals surface area contributed by atoms with Crippen molar-refractivity contribution in [3.63, 3.8) is 0 Å². The van der Waals surface area contributed by atoms with Crippen LogP contribution in [0.1, 0.15) is 17.0 Å². The third kappa shape index (κ3) is 5.95. The van der Waals surface area contributed by atoms with Crippen molar-refractivity contribution in [3.8, 4) is 5.75 Å². The summed E-state index contributed by atoms with van der Waals surface area (Å²) in [6.45, 7) is 3.71. The number of nitrogens with one attached hydrogen (secondary N) is 2. The van der Waals surface area contributed by atoms with E-state index in [0.717, 1.165) is 27.6 Å². The predicted molar refractivity (Wildman–Crippen MR) is 115 cm³/mol. The van der Waals surface area contributed by atoms with Gasteiger partial charge in [-0.25, -0.2) is 13.9 Å². The van der Waals surface area contributed by atoms with Crippen LogP contribution in [0.25, 0.3) is 0 Å². The molecule has 3 rings (SSSR count). The minimum Gasteiger partial charge on any atom is -0.482 e. The first-order valence-corrected chi connectivity index (χ1v) is 10.2. The van der Waals surface area contributed by atoms with Gasteiger partial charge in [-0.05, 0) is 37.6 Å². The lowest BCUT2D eigenvalue weighted by Crippen LogP contribution is -2.35. The number of amides is 3. The molecule has 0 aliphatic carbocycles. The van der Waals surface area contributed by atoms with Gasteiger partial charge in [0.1, 0.15) is 6.61 Å². The molecule has 0 aliphatic rings. The molecule has 0 atom stereocenters. The molecule has 2 aromatic carbocycles. The SMILES string of the molecule is Cc1ccc(NC(=O)NC(=O)CSc2nnc(COc3ccccc3F)n2N)c(C)c1. The normalized spacial score (nSPS) is 10.5. The largest absolute Gasteiger partial charge is 0.482 e. The van der Waals surface area contributed by atoms with E-state index >= 15 is 0 Å². The maximum atomic E-state index is 13.6. The smallest absolute Gasteiger partial charge is 0.325 e. The zero-order valence-corrected chi connectivity index (χ0v) is 17.7. The highest BCUT2D eigenvalue weighted by Crippen LogP contribution is 2.19. The second-order valence-corrected chi connectivity index (χ2v) is 7.54. The molecule has 31 heavy (non-hydrogen) atoms. The van der Waals surface area contributed by atoms with Crippen LogP contribution < -0.4 is 21.2 Å². The summed E-state index contributed by atoms with van der Waals surface area (Å²) < 4.78 is 20.1. The number of hydrogen-bond acceptors (Lipinski definition) is 7. The molecular weight excluding hydrogens is 423 g/mol. The van der Waals surface area contributed by atoms with E-state index in [1.807, 2.05) is 26.0 Å². The first kappa shape index (κ1) is 22.1. The van der Waals surface area contributed by atoms with E-state index in [2.05, 4.69) is 20.8 Å². The van der Waals surface area contributed by atoms with Gasteiger partial charge in [-0.2, -0.15) is 0 Å². The number of ether oxygens (including phenoxy) is 1. The summed E-state index contributed by atoms with van der Waals surface area (Å²) in [7, 11) is 0. The van der Waals surface area contributed by atoms with Gasteiger partial charge in [-0.1, -0.05) is 41.6 Å². The zero-order valence-electron chi connectivity index (χ0n) is 16.9. The van der Waals surface area contributed by atoms with Gasteiger partial charge in [0.15, 0.2) is 17.4 Å². The van der Waals surface area contributed by atoms with E-state index in [1.165, 1.54) is 12.1 Å². The number of hydrogen-bond donors (Lipinski definition) is 3. The van der Waals surface area contributed by atoms with Gasteiger partial charge < -0.3 is 15.9 Å². The summed E-state index contributed by atoms with van der Waals surface area (Å²) in [5.74, 6) is 5.08. The van der Waals surface area contributed by atoms with Crippen LogP contribution in [0.15, 0.2) is 47.6 Å². The fourth-order valence-corrected chi connectivity index (χ4v) is 3.28. The minimum absolute atomic E-state index is 0.0638. The number of halogens is 1. The lowest BCUT2D eigenvalue weighted by Gasteiger charge is -2.10. The lowest BCUT2D eigenvalue weighted by atomic mass is 10.1. The van der Waals surface area contributed by atoms with E-state index in [1.54, 1.807) is 18.2 Å². The molecule has 162 valence electrons. The van der Waals surface area contributed by atoms with Crippen molar-refractivity contribution in [2.24, 2.45) is 0 Å². The number of nitrogens with two attached hydrogens (primary N) is 1.